The van der Waals surface area contributed by atoms with Gasteiger partial charge in [0.25, 0.3) is 0 Å². The van der Waals surface area contributed by atoms with Gasteiger partial charge in [-0.3, -0.25) is 5.41 Å². The molecule has 3 heteroatoms. The lowest BCUT2D eigenvalue weighted by atomic mass is 10.2. The van der Waals surface area contributed by atoms with E-state index in [-0.39, 0.29) is 0 Å². The van der Waals surface area contributed by atoms with Crippen molar-refractivity contribution < 1.29 is 0 Å². The van der Waals surface area contributed by atoms with E-state index in [0.717, 1.165) is 5.56 Å². The summed E-state index contributed by atoms with van der Waals surface area (Å²) in [6, 6.07) is 7.26. The van der Waals surface area contributed by atoms with Crippen molar-refractivity contribution in [3.05, 3.63) is 29.8 Å². The summed E-state index contributed by atoms with van der Waals surface area (Å²) in [6.45, 7) is 0. The second-order valence-corrected chi connectivity index (χ2v) is 2.69. The summed E-state index contributed by atoms with van der Waals surface area (Å²) in [6.07, 6.45) is 0. The van der Waals surface area contributed by atoms with Gasteiger partial charge in [0, 0.05) is 11.3 Å². The topological polar surface area (TPSA) is 49.9 Å². The van der Waals surface area contributed by atoms with Gasteiger partial charge in [0.2, 0.25) is 0 Å². The number of nitrogen functional groups attached to an aromatic ring is 1. The number of halogens is 1. The smallest absolute Gasteiger partial charge is 0.106 e. The quantitative estimate of drug-likeness (QED) is 0.527. The molecule has 0 aliphatic rings. The molecule has 1 aromatic carbocycles. The SMILES string of the molecule is N=C(Br)c1ccccc1N. The fourth-order valence-corrected chi connectivity index (χ4v) is 1.06. The summed E-state index contributed by atoms with van der Waals surface area (Å²) in [7, 11) is 0. The highest BCUT2D eigenvalue weighted by molar-refractivity contribution is 9.18. The first-order chi connectivity index (χ1) is 4.72. The molecular formula is C7H7BrN2. The number of anilines is 1. The monoisotopic (exact) mass is 198 g/mol. The highest BCUT2D eigenvalue weighted by atomic mass is 79.9. The first-order valence-electron chi connectivity index (χ1n) is 2.81. The van der Waals surface area contributed by atoms with Gasteiger partial charge in [-0.25, -0.2) is 0 Å². The molecule has 0 amide bonds. The van der Waals surface area contributed by atoms with Crippen molar-refractivity contribution in [2.75, 3.05) is 5.73 Å². The zero-order valence-electron chi connectivity index (χ0n) is 5.26. The Labute approximate surface area is 67.7 Å². The maximum atomic E-state index is 7.21. The Morgan fingerprint density at radius 1 is 1.40 bits per heavy atom. The van der Waals surface area contributed by atoms with Crippen LogP contribution in [0.2, 0.25) is 0 Å². The highest BCUT2D eigenvalue weighted by Crippen LogP contribution is 2.13. The maximum absolute atomic E-state index is 7.21. The van der Waals surface area contributed by atoms with Crippen molar-refractivity contribution >= 4 is 26.2 Å². The Bertz CT molecular complexity index is 258. The van der Waals surface area contributed by atoms with Crippen molar-refractivity contribution in [1.82, 2.24) is 0 Å². The molecule has 1 aromatic rings. The van der Waals surface area contributed by atoms with E-state index in [0.29, 0.717) is 10.3 Å². The number of benzene rings is 1. The number of hydrogen-bond acceptors (Lipinski definition) is 2. The van der Waals surface area contributed by atoms with Gasteiger partial charge in [-0.2, -0.15) is 0 Å². The Hall–Kier alpha value is -0.830. The summed E-state index contributed by atoms with van der Waals surface area (Å²) in [5.74, 6) is 0. The predicted molar refractivity (Wildman–Crippen MR) is 46.6 cm³/mol. The van der Waals surface area contributed by atoms with E-state index in [4.69, 9.17) is 11.1 Å². The Morgan fingerprint density at radius 2 is 2.00 bits per heavy atom. The van der Waals surface area contributed by atoms with E-state index in [1.807, 2.05) is 12.1 Å². The zero-order chi connectivity index (χ0) is 7.56. The molecule has 52 valence electrons. The molecule has 0 aliphatic carbocycles. The third kappa shape index (κ3) is 1.36. The maximum Gasteiger partial charge on any atom is 0.106 e. The van der Waals surface area contributed by atoms with Crippen LogP contribution in [0.3, 0.4) is 0 Å². The van der Waals surface area contributed by atoms with Crippen LogP contribution in [0, 0.1) is 5.41 Å². The molecule has 0 saturated heterocycles. The fourth-order valence-electron chi connectivity index (χ4n) is 0.697. The second-order valence-electron chi connectivity index (χ2n) is 1.90. The van der Waals surface area contributed by atoms with Gasteiger partial charge in [0.15, 0.2) is 0 Å². The second kappa shape index (κ2) is 2.84. The van der Waals surface area contributed by atoms with Crippen LogP contribution in [0.25, 0.3) is 0 Å². The predicted octanol–water partition coefficient (Wildman–Crippen LogP) is 1.99. The Balaban J connectivity index is 3.15. The van der Waals surface area contributed by atoms with Crippen LogP contribution >= 0.6 is 15.9 Å². The average Bonchev–Trinajstić information content (AvgIpc) is 1.88. The van der Waals surface area contributed by atoms with Gasteiger partial charge < -0.3 is 5.73 Å². The van der Waals surface area contributed by atoms with Gasteiger partial charge >= 0.3 is 0 Å². The molecule has 0 aliphatic heterocycles. The standard InChI is InChI=1S/C7H7BrN2/c8-7(10)5-3-1-2-4-6(5)9/h1-4,10H,9H2. The summed E-state index contributed by atoms with van der Waals surface area (Å²) in [4.78, 5) is 0. The van der Waals surface area contributed by atoms with Crippen LogP contribution in [0.4, 0.5) is 5.69 Å². The number of hydrogen-bond donors (Lipinski definition) is 2. The van der Waals surface area contributed by atoms with Crippen LogP contribution in [0.1, 0.15) is 5.56 Å². The minimum Gasteiger partial charge on any atom is -0.398 e. The Kier molecular flexibility index (Phi) is 2.06. The molecule has 0 heterocycles. The van der Waals surface area contributed by atoms with Crippen LogP contribution < -0.4 is 5.73 Å². The van der Waals surface area contributed by atoms with Crippen molar-refractivity contribution in [2.24, 2.45) is 0 Å². The van der Waals surface area contributed by atoms with Gasteiger partial charge in [-0.05, 0) is 22.0 Å². The Morgan fingerprint density at radius 3 is 2.40 bits per heavy atom. The lowest BCUT2D eigenvalue weighted by Gasteiger charge is -1.98. The first kappa shape index (κ1) is 7.28. The molecular weight excluding hydrogens is 192 g/mol. The average molecular weight is 199 g/mol. The zero-order valence-corrected chi connectivity index (χ0v) is 6.85. The minimum absolute atomic E-state index is 0.325. The summed E-state index contributed by atoms with van der Waals surface area (Å²) in [5, 5.41) is 7.21. The van der Waals surface area contributed by atoms with Crippen LogP contribution in [0.5, 0.6) is 0 Å². The molecule has 3 N–H and O–H groups in total. The van der Waals surface area contributed by atoms with E-state index < -0.39 is 0 Å². The van der Waals surface area contributed by atoms with Crippen molar-refractivity contribution in [3.63, 3.8) is 0 Å². The van der Waals surface area contributed by atoms with E-state index in [1.165, 1.54) is 0 Å². The van der Waals surface area contributed by atoms with E-state index in [1.54, 1.807) is 12.1 Å². The van der Waals surface area contributed by atoms with Gasteiger partial charge in [0.05, 0.1) is 0 Å². The van der Waals surface area contributed by atoms with E-state index in [9.17, 15) is 0 Å². The first-order valence-corrected chi connectivity index (χ1v) is 3.60. The van der Waals surface area contributed by atoms with E-state index >= 15 is 0 Å². The van der Waals surface area contributed by atoms with Crippen molar-refractivity contribution in [1.29, 1.82) is 5.41 Å². The summed E-state index contributed by atoms with van der Waals surface area (Å²) < 4.78 is 0.325. The lowest BCUT2D eigenvalue weighted by Crippen LogP contribution is -1.95. The van der Waals surface area contributed by atoms with Crippen LogP contribution in [0.15, 0.2) is 24.3 Å². The number of nitrogens with two attached hydrogens (primary N) is 1. The van der Waals surface area contributed by atoms with Gasteiger partial charge in [0.1, 0.15) is 4.62 Å². The van der Waals surface area contributed by atoms with Crippen LogP contribution in [-0.4, -0.2) is 4.62 Å². The summed E-state index contributed by atoms with van der Waals surface area (Å²) >= 11 is 3.04. The molecule has 0 radical (unpaired) electrons. The highest BCUT2D eigenvalue weighted by Gasteiger charge is 1.98. The van der Waals surface area contributed by atoms with Crippen LogP contribution in [-0.2, 0) is 0 Å². The van der Waals surface area contributed by atoms with Crippen molar-refractivity contribution in [3.8, 4) is 0 Å². The third-order valence-corrected chi connectivity index (χ3v) is 1.62. The molecule has 0 bridgehead atoms. The van der Waals surface area contributed by atoms with E-state index in [2.05, 4.69) is 15.9 Å². The third-order valence-electron chi connectivity index (χ3n) is 1.20. The molecule has 0 fully saturated rings. The summed E-state index contributed by atoms with van der Waals surface area (Å²) in [5.41, 5.74) is 6.92. The fraction of sp³-hybridized carbons (Fsp3) is 0. The minimum atomic E-state index is 0.325. The van der Waals surface area contributed by atoms with Gasteiger partial charge in [-0.1, -0.05) is 18.2 Å². The largest absolute Gasteiger partial charge is 0.398 e. The molecule has 10 heavy (non-hydrogen) atoms. The molecule has 1 rings (SSSR count). The molecule has 0 spiro atoms. The normalized spacial score (nSPS) is 9.30. The number of nitrogens with one attached hydrogen (secondary N) is 1. The molecule has 0 saturated carbocycles. The number of para-hydroxylation sites is 1. The lowest BCUT2D eigenvalue weighted by molar-refractivity contribution is 1.53. The number of rotatable bonds is 1. The van der Waals surface area contributed by atoms with Crippen molar-refractivity contribution in [2.45, 2.75) is 0 Å². The molecule has 0 unspecified atom stereocenters. The molecule has 0 aromatic heterocycles. The molecule has 2 nitrogen and oxygen atoms in total. The molecule has 0 atom stereocenters. The van der Waals surface area contributed by atoms with Gasteiger partial charge in [-0.15, -0.1) is 0 Å².